The van der Waals surface area contributed by atoms with Crippen LogP contribution >= 0.6 is 0 Å². The molecule has 0 fully saturated rings. The molecule has 0 saturated carbocycles. The molecule has 1 spiro atoms. The summed E-state index contributed by atoms with van der Waals surface area (Å²) in [6, 6.07) is 39.4. The van der Waals surface area contributed by atoms with E-state index in [9.17, 15) is 0 Å². The normalized spacial score (nSPS) is 14.1. The maximum Gasteiger partial charge on any atom is 0.0719 e. The van der Waals surface area contributed by atoms with E-state index in [-0.39, 0.29) is 5.41 Å². The van der Waals surface area contributed by atoms with Crippen LogP contribution in [0.2, 0.25) is 0 Å². The van der Waals surface area contributed by atoms with Crippen molar-refractivity contribution < 1.29 is 0 Å². The van der Waals surface area contributed by atoms with Crippen LogP contribution in [0.5, 0.6) is 0 Å². The summed E-state index contributed by atoms with van der Waals surface area (Å²) in [7, 11) is 0. The van der Waals surface area contributed by atoms with Gasteiger partial charge in [0.1, 0.15) is 0 Å². The Labute approximate surface area is 220 Å². The minimum absolute atomic E-state index is 0.278. The van der Waals surface area contributed by atoms with Crippen molar-refractivity contribution in [2.45, 2.75) is 45.4 Å². The van der Waals surface area contributed by atoms with Gasteiger partial charge in [-0.2, -0.15) is 0 Å². The van der Waals surface area contributed by atoms with E-state index in [4.69, 9.17) is 0 Å². The van der Waals surface area contributed by atoms with Gasteiger partial charge in [0.2, 0.25) is 0 Å². The van der Waals surface area contributed by atoms with Gasteiger partial charge in [-0.25, -0.2) is 0 Å². The van der Waals surface area contributed by atoms with E-state index in [1.165, 1.54) is 72.3 Å². The van der Waals surface area contributed by atoms with Gasteiger partial charge in [-0.15, -0.1) is 0 Å². The quantitative estimate of drug-likeness (QED) is 0.239. The van der Waals surface area contributed by atoms with Crippen LogP contribution in [0.25, 0.3) is 11.1 Å². The van der Waals surface area contributed by atoms with E-state index in [2.05, 4.69) is 124 Å². The molecule has 7 rings (SSSR count). The molecule has 0 saturated heterocycles. The smallest absolute Gasteiger partial charge is 0.0620 e. The summed E-state index contributed by atoms with van der Waals surface area (Å²) in [5, 5.41) is 0. The van der Waals surface area contributed by atoms with Crippen LogP contribution in [0.1, 0.15) is 68.1 Å². The van der Waals surface area contributed by atoms with Crippen LogP contribution in [0.4, 0.5) is 0 Å². The minimum Gasteiger partial charge on any atom is -0.0620 e. The van der Waals surface area contributed by atoms with Crippen LogP contribution < -0.4 is 0 Å². The Morgan fingerprint density at radius 1 is 0.568 bits per heavy atom. The van der Waals surface area contributed by atoms with E-state index in [1.807, 2.05) is 0 Å². The SMILES string of the molecule is CCc1cccc2c1-c1c(Cc3cc(C)cc(C)c3)cccc1C21c2ccccc2Cc2ccccc21. The molecule has 0 aromatic heterocycles. The van der Waals surface area contributed by atoms with Crippen LogP contribution in [0, 0.1) is 13.8 Å². The second-order valence-corrected chi connectivity index (χ2v) is 10.9. The fourth-order valence-electron chi connectivity index (χ4n) is 7.40. The van der Waals surface area contributed by atoms with Crippen molar-refractivity contribution in [3.63, 3.8) is 0 Å². The lowest BCUT2D eigenvalue weighted by atomic mass is 9.61. The Balaban J connectivity index is 1.60. The topological polar surface area (TPSA) is 0 Å². The summed E-state index contributed by atoms with van der Waals surface area (Å²) in [6.07, 6.45) is 2.97. The fourth-order valence-corrected chi connectivity index (χ4v) is 7.40. The number of hydrogen-bond acceptors (Lipinski definition) is 0. The van der Waals surface area contributed by atoms with Gasteiger partial charge < -0.3 is 0 Å². The first-order valence-corrected chi connectivity index (χ1v) is 13.6. The van der Waals surface area contributed by atoms with Crippen LogP contribution in [-0.2, 0) is 24.7 Å². The second kappa shape index (κ2) is 8.32. The lowest BCUT2D eigenvalue weighted by Crippen LogP contribution is -2.34. The molecule has 0 nitrogen and oxygen atoms in total. The zero-order chi connectivity index (χ0) is 25.1. The third kappa shape index (κ3) is 3.15. The van der Waals surface area contributed by atoms with Crippen molar-refractivity contribution in [2.24, 2.45) is 0 Å². The highest BCUT2D eigenvalue weighted by atomic mass is 14.5. The highest BCUT2D eigenvalue weighted by molar-refractivity contribution is 5.91. The van der Waals surface area contributed by atoms with Crippen molar-refractivity contribution in [1.29, 1.82) is 0 Å². The number of benzene rings is 5. The van der Waals surface area contributed by atoms with Gasteiger partial charge in [0, 0.05) is 0 Å². The lowest BCUT2D eigenvalue weighted by molar-refractivity contribution is 0.721. The number of rotatable bonds is 3. The molecule has 2 aliphatic rings. The first kappa shape index (κ1) is 22.3. The van der Waals surface area contributed by atoms with Gasteiger partial charge in [-0.3, -0.25) is 0 Å². The summed E-state index contributed by atoms with van der Waals surface area (Å²) in [6.45, 7) is 6.72. The molecule has 180 valence electrons. The molecule has 0 amide bonds. The number of aryl methyl sites for hydroxylation is 3. The standard InChI is InChI=1S/C37H32/c1-4-27-13-9-17-33-35(27)36-30(22-26-20-24(2)19-25(3)21-26)14-10-18-34(36)37(33)31-15-7-5-11-28(31)23-29-12-6-8-16-32(29)37/h5-21H,4,22-23H2,1-3H3. The first-order chi connectivity index (χ1) is 18.1. The molecule has 0 heteroatoms. The van der Waals surface area contributed by atoms with E-state index in [0.29, 0.717) is 0 Å². The highest BCUT2D eigenvalue weighted by Gasteiger charge is 2.50. The number of hydrogen-bond donors (Lipinski definition) is 0. The average molecular weight is 477 g/mol. The van der Waals surface area contributed by atoms with Crippen LogP contribution in [-0.4, -0.2) is 0 Å². The van der Waals surface area contributed by atoms with E-state index >= 15 is 0 Å². The maximum absolute atomic E-state index is 2.42. The Morgan fingerprint density at radius 3 is 1.68 bits per heavy atom. The molecule has 5 aromatic rings. The third-order valence-electron chi connectivity index (χ3n) is 8.64. The Bertz CT molecular complexity index is 1620. The Morgan fingerprint density at radius 2 is 1.08 bits per heavy atom. The van der Waals surface area contributed by atoms with Crippen molar-refractivity contribution in [1.82, 2.24) is 0 Å². The number of fused-ring (bicyclic) bond motifs is 9. The third-order valence-corrected chi connectivity index (χ3v) is 8.64. The summed E-state index contributed by atoms with van der Waals surface area (Å²) in [4.78, 5) is 0. The minimum atomic E-state index is -0.278. The molecule has 0 aliphatic heterocycles. The molecular formula is C37H32. The second-order valence-electron chi connectivity index (χ2n) is 10.9. The molecule has 0 heterocycles. The monoisotopic (exact) mass is 476 g/mol. The lowest BCUT2D eigenvalue weighted by Gasteiger charge is -2.40. The summed E-state index contributed by atoms with van der Waals surface area (Å²) >= 11 is 0. The summed E-state index contributed by atoms with van der Waals surface area (Å²) in [5.41, 5.74) is 18.3. The van der Waals surface area contributed by atoms with E-state index < -0.39 is 0 Å². The predicted octanol–water partition coefficient (Wildman–Crippen LogP) is 8.72. The van der Waals surface area contributed by atoms with Crippen LogP contribution in [0.3, 0.4) is 0 Å². The van der Waals surface area contributed by atoms with E-state index in [0.717, 1.165) is 19.3 Å². The molecule has 0 N–H and O–H groups in total. The Kier molecular flexibility index (Phi) is 5.01. The van der Waals surface area contributed by atoms with Gasteiger partial charge >= 0.3 is 0 Å². The van der Waals surface area contributed by atoms with Gasteiger partial charge in [0.05, 0.1) is 5.41 Å². The average Bonchev–Trinajstić information content (AvgIpc) is 3.20. The first-order valence-electron chi connectivity index (χ1n) is 13.6. The van der Waals surface area contributed by atoms with Gasteiger partial charge in [0.15, 0.2) is 0 Å². The Hall–Kier alpha value is -3.90. The molecular weight excluding hydrogens is 444 g/mol. The van der Waals surface area contributed by atoms with Crippen molar-refractivity contribution in [3.8, 4) is 11.1 Å². The van der Waals surface area contributed by atoms with Crippen molar-refractivity contribution in [3.05, 3.63) is 164 Å². The predicted molar refractivity (Wildman–Crippen MR) is 155 cm³/mol. The summed E-state index contributed by atoms with van der Waals surface area (Å²) in [5.74, 6) is 0. The fraction of sp³-hybridized carbons (Fsp3) is 0.189. The zero-order valence-electron chi connectivity index (χ0n) is 21.9. The molecule has 37 heavy (non-hydrogen) atoms. The molecule has 5 aromatic carbocycles. The van der Waals surface area contributed by atoms with Gasteiger partial charge in [0.25, 0.3) is 0 Å². The summed E-state index contributed by atoms with van der Waals surface area (Å²) < 4.78 is 0. The largest absolute Gasteiger partial charge is 0.0719 e. The van der Waals surface area contributed by atoms with Crippen LogP contribution in [0.15, 0.2) is 103 Å². The zero-order valence-corrected chi connectivity index (χ0v) is 21.9. The van der Waals surface area contributed by atoms with E-state index in [1.54, 1.807) is 0 Å². The molecule has 0 radical (unpaired) electrons. The van der Waals surface area contributed by atoms with Crippen molar-refractivity contribution >= 4 is 0 Å². The molecule has 0 bridgehead atoms. The molecule has 0 atom stereocenters. The molecule has 0 unspecified atom stereocenters. The highest BCUT2D eigenvalue weighted by Crippen LogP contribution is 2.60. The van der Waals surface area contributed by atoms with Gasteiger partial charge in [-0.1, -0.05) is 121 Å². The van der Waals surface area contributed by atoms with Crippen molar-refractivity contribution in [2.75, 3.05) is 0 Å². The molecule has 2 aliphatic carbocycles. The maximum atomic E-state index is 2.42. The van der Waals surface area contributed by atoms with Gasteiger partial charge in [-0.05, 0) is 94.3 Å².